The zero-order chi connectivity index (χ0) is 23.8. The molecule has 0 bridgehead atoms. The lowest BCUT2D eigenvalue weighted by atomic mass is 10.0. The summed E-state index contributed by atoms with van der Waals surface area (Å²) in [5, 5.41) is 4.80. The molecule has 3 aliphatic rings. The summed E-state index contributed by atoms with van der Waals surface area (Å²) < 4.78 is 13.5. The summed E-state index contributed by atoms with van der Waals surface area (Å²) >= 11 is 0. The molecule has 1 aromatic heterocycles. The van der Waals surface area contributed by atoms with Crippen molar-refractivity contribution in [1.82, 2.24) is 24.6 Å². The highest BCUT2D eigenvalue weighted by Gasteiger charge is 2.23. The fraction of sp³-hybridized carbons (Fsp3) is 0.481. The van der Waals surface area contributed by atoms with Crippen LogP contribution in [-0.2, 0) is 17.9 Å². The van der Waals surface area contributed by atoms with E-state index >= 15 is 0 Å². The van der Waals surface area contributed by atoms with Crippen LogP contribution in [0.1, 0.15) is 25.5 Å². The van der Waals surface area contributed by atoms with Gasteiger partial charge in [-0.1, -0.05) is 18.2 Å². The van der Waals surface area contributed by atoms with Gasteiger partial charge < -0.3 is 14.4 Å². The lowest BCUT2D eigenvalue weighted by Gasteiger charge is -2.38. The van der Waals surface area contributed by atoms with Crippen molar-refractivity contribution in [2.24, 2.45) is 0 Å². The largest absolute Gasteiger partial charge is 0.483 e. The molecular formula is C27H34N6O2. The molecule has 4 heterocycles. The number of benzene rings is 2. The van der Waals surface area contributed by atoms with Crippen LogP contribution in [0.3, 0.4) is 0 Å². The predicted molar refractivity (Wildman–Crippen MR) is 136 cm³/mol. The smallest absolute Gasteiger partial charge is 0.170 e. The SMILES string of the molecule is CC(C)N1CCN(c2ccc(-c3ccc4c(c3)OCc3nc(CN5CCOCC5)nn3-4)cc2)CC1. The third-order valence-electron chi connectivity index (χ3n) is 7.34. The van der Waals surface area contributed by atoms with E-state index in [9.17, 15) is 0 Å². The topological polar surface area (TPSA) is 58.9 Å². The number of fused-ring (bicyclic) bond motifs is 3. The van der Waals surface area contributed by atoms with Crippen LogP contribution in [0.15, 0.2) is 42.5 Å². The summed E-state index contributed by atoms with van der Waals surface area (Å²) in [4.78, 5) is 12.1. The molecule has 0 saturated carbocycles. The number of hydrogen-bond acceptors (Lipinski definition) is 7. The van der Waals surface area contributed by atoms with Gasteiger partial charge in [-0.3, -0.25) is 9.80 Å². The van der Waals surface area contributed by atoms with Crippen molar-refractivity contribution in [3.8, 4) is 22.6 Å². The van der Waals surface area contributed by atoms with Gasteiger partial charge in [0, 0.05) is 51.0 Å². The fourth-order valence-corrected chi connectivity index (χ4v) is 5.19. The summed E-state index contributed by atoms with van der Waals surface area (Å²) in [6, 6.07) is 15.9. The molecule has 0 amide bonds. The Morgan fingerprint density at radius 1 is 0.886 bits per heavy atom. The molecule has 184 valence electrons. The van der Waals surface area contributed by atoms with Gasteiger partial charge in [-0.2, -0.15) is 0 Å². The monoisotopic (exact) mass is 474 g/mol. The minimum atomic E-state index is 0.438. The number of ether oxygens (including phenoxy) is 2. The first-order valence-electron chi connectivity index (χ1n) is 12.8. The standard InChI is InChI=1S/C27H34N6O2/c1-20(2)31-9-11-32(12-10-31)23-6-3-21(4-7-23)22-5-8-24-25(17-22)35-19-27-28-26(29-33(24)27)18-30-13-15-34-16-14-30/h3-8,17,20H,9-16,18-19H2,1-2H3. The Kier molecular flexibility index (Phi) is 6.18. The minimum absolute atomic E-state index is 0.438. The molecule has 0 aliphatic carbocycles. The Labute approximate surface area is 207 Å². The molecule has 3 aromatic rings. The molecule has 8 nitrogen and oxygen atoms in total. The quantitative estimate of drug-likeness (QED) is 0.563. The van der Waals surface area contributed by atoms with Gasteiger partial charge in [0.15, 0.2) is 11.6 Å². The second-order valence-electron chi connectivity index (χ2n) is 9.88. The van der Waals surface area contributed by atoms with E-state index < -0.39 is 0 Å². The van der Waals surface area contributed by atoms with Crippen LogP contribution < -0.4 is 9.64 Å². The maximum absolute atomic E-state index is 6.09. The van der Waals surface area contributed by atoms with Gasteiger partial charge in [0.1, 0.15) is 18.0 Å². The molecular weight excluding hydrogens is 440 g/mol. The molecule has 0 atom stereocenters. The van der Waals surface area contributed by atoms with Gasteiger partial charge in [-0.25, -0.2) is 9.67 Å². The Morgan fingerprint density at radius 3 is 2.37 bits per heavy atom. The fourth-order valence-electron chi connectivity index (χ4n) is 5.19. The van der Waals surface area contributed by atoms with Gasteiger partial charge in [-0.15, -0.1) is 5.10 Å². The maximum Gasteiger partial charge on any atom is 0.170 e. The highest BCUT2D eigenvalue weighted by atomic mass is 16.5. The zero-order valence-corrected chi connectivity index (χ0v) is 20.7. The minimum Gasteiger partial charge on any atom is -0.483 e. The Balaban J connectivity index is 1.16. The van der Waals surface area contributed by atoms with Crippen LogP contribution >= 0.6 is 0 Å². The van der Waals surface area contributed by atoms with Crippen LogP contribution in [-0.4, -0.2) is 83.1 Å². The van der Waals surface area contributed by atoms with Crippen molar-refractivity contribution in [2.75, 3.05) is 57.4 Å². The van der Waals surface area contributed by atoms with E-state index in [4.69, 9.17) is 19.6 Å². The zero-order valence-electron chi connectivity index (χ0n) is 20.7. The molecule has 0 N–H and O–H groups in total. The molecule has 2 aromatic carbocycles. The molecule has 2 saturated heterocycles. The lowest BCUT2D eigenvalue weighted by molar-refractivity contribution is 0.0330. The first-order valence-corrected chi connectivity index (χ1v) is 12.8. The van der Waals surface area contributed by atoms with E-state index in [0.29, 0.717) is 12.6 Å². The van der Waals surface area contributed by atoms with E-state index in [1.165, 1.54) is 11.3 Å². The van der Waals surface area contributed by atoms with E-state index in [0.717, 1.165) is 87.7 Å². The van der Waals surface area contributed by atoms with Crippen molar-refractivity contribution in [2.45, 2.75) is 33.0 Å². The molecule has 0 radical (unpaired) electrons. The second-order valence-corrected chi connectivity index (χ2v) is 9.88. The van der Waals surface area contributed by atoms with Crippen molar-refractivity contribution in [3.05, 3.63) is 54.1 Å². The van der Waals surface area contributed by atoms with E-state index in [2.05, 4.69) is 71.0 Å². The Bertz CT molecular complexity index is 1160. The number of nitrogens with zero attached hydrogens (tertiary/aromatic N) is 6. The number of piperazine rings is 1. The van der Waals surface area contributed by atoms with Gasteiger partial charge in [0.25, 0.3) is 0 Å². The average Bonchev–Trinajstić information content (AvgIpc) is 3.32. The van der Waals surface area contributed by atoms with Crippen LogP contribution in [0.25, 0.3) is 16.8 Å². The number of anilines is 1. The van der Waals surface area contributed by atoms with Crippen LogP contribution in [0.4, 0.5) is 5.69 Å². The normalized spacial score (nSPS) is 18.9. The summed E-state index contributed by atoms with van der Waals surface area (Å²) in [7, 11) is 0. The van der Waals surface area contributed by atoms with Crippen molar-refractivity contribution in [3.63, 3.8) is 0 Å². The molecule has 0 unspecified atom stereocenters. The molecule has 6 rings (SSSR count). The molecule has 0 spiro atoms. The van der Waals surface area contributed by atoms with Crippen LogP contribution in [0.5, 0.6) is 5.75 Å². The van der Waals surface area contributed by atoms with Gasteiger partial charge in [-0.05, 0) is 49.2 Å². The van der Waals surface area contributed by atoms with Gasteiger partial charge in [0.2, 0.25) is 0 Å². The van der Waals surface area contributed by atoms with Crippen LogP contribution in [0.2, 0.25) is 0 Å². The molecule has 35 heavy (non-hydrogen) atoms. The summed E-state index contributed by atoms with van der Waals surface area (Å²) in [5.74, 6) is 2.55. The molecule has 2 fully saturated rings. The van der Waals surface area contributed by atoms with Crippen molar-refractivity contribution < 1.29 is 9.47 Å². The van der Waals surface area contributed by atoms with Crippen molar-refractivity contribution in [1.29, 1.82) is 0 Å². The lowest BCUT2D eigenvalue weighted by Crippen LogP contribution is -2.48. The second kappa shape index (κ2) is 9.60. The summed E-state index contributed by atoms with van der Waals surface area (Å²) in [6.07, 6.45) is 0. The third-order valence-corrected chi connectivity index (χ3v) is 7.34. The van der Waals surface area contributed by atoms with E-state index in [1.54, 1.807) is 0 Å². The number of aromatic nitrogens is 3. The maximum atomic E-state index is 6.09. The van der Waals surface area contributed by atoms with E-state index in [1.807, 2.05) is 4.68 Å². The summed E-state index contributed by atoms with van der Waals surface area (Å²) in [5.41, 5.74) is 4.59. The number of morpholine rings is 1. The van der Waals surface area contributed by atoms with E-state index in [-0.39, 0.29) is 0 Å². The van der Waals surface area contributed by atoms with Gasteiger partial charge in [0.05, 0.1) is 19.8 Å². The Morgan fingerprint density at radius 2 is 1.63 bits per heavy atom. The summed E-state index contributed by atoms with van der Waals surface area (Å²) in [6.45, 7) is 13.6. The van der Waals surface area contributed by atoms with Crippen LogP contribution in [0, 0.1) is 0 Å². The number of hydrogen-bond donors (Lipinski definition) is 0. The van der Waals surface area contributed by atoms with Gasteiger partial charge >= 0.3 is 0 Å². The highest BCUT2D eigenvalue weighted by Crippen LogP contribution is 2.34. The first kappa shape index (κ1) is 22.5. The first-order chi connectivity index (χ1) is 17.1. The highest BCUT2D eigenvalue weighted by molar-refractivity contribution is 5.70. The number of rotatable bonds is 5. The van der Waals surface area contributed by atoms with Crippen molar-refractivity contribution >= 4 is 5.69 Å². The predicted octanol–water partition coefficient (Wildman–Crippen LogP) is 3.19. The third kappa shape index (κ3) is 4.66. The molecule has 3 aliphatic heterocycles. The molecule has 8 heteroatoms. The average molecular weight is 475 g/mol. The Hall–Kier alpha value is -2.94.